The first-order valence-electron chi connectivity index (χ1n) is 6.67. The van der Waals surface area contributed by atoms with Crippen molar-refractivity contribution in [1.82, 2.24) is 5.32 Å². The van der Waals surface area contributed by atoms with Gasteiger partial charge in [0.2, 0.25) is 0 Å². The third kappa shape index (κ3) is 3.06. The van der Waals surface area contributed by atoms with Crippen molar-refractivity contribution in [3.63, 3.8) is 0 Å². The van der Waals surface area contributed by atoms with Crippen molar-refractivity contribution in [2.24, 2.45) is 0 Å². The van der Waals surface area contributed by atoms with Crippen LogP contribution in [0.5, 0.6) is 0 Å². The van der Waals surface area contributed by atoms with E-state index in [1.807, 2.05) is 24.4 Å². The predicted octanol–water partition coefficient (Wildman–Crippen LogP) is 4.17. The molecule has 0 aliphatic rings. The fraction of sp³-hybridized carbons (Fsp3) is 0.118. The number of amides is 1. The van der Waals surface area contributed by atoms with Crippen LogP contribution in [0.3, 0.4) is 0 Å². The Morgan fingerprint density at radius 2 is 2.00 bits per heavy atom. The average molecular weight is 297 g/mol. The van der Waals surface area contributed by atoms with Crippen molar-refractivity contribution < 1.29 is 9.21 Å². The summed E-state index contributed by atoms with van der Waals surface area (Å²) in [5.74, 6) is -0.136. The number of aryl methyl sites for hydroxylation is 1. The Morgan fingerprint density at radius 1 is 1.19 bits per heavy atom. The summed E-state index contributed by atoms with van der Waals surface area (Å²) in [6.07, 6.45) is 2.96. The molecular weight excluding hydrogens is 282 g/mol. The first kappa shape index (κ1) is 13.6. The number of benzene rings is 1. The van der Waals surface area contributed by atoms with E-state index in [1.54, 1.807) is 17.4 Å². The highest BCUT2D eigenvalue weighted by atomic mass is 32.1. The average Bonchev–Trinajstić information content (AvgIpc) is 3.19. The molecule has 0 saturated carbocycles. The molecule has 1 amide bonds. The van der Waals surface area contributed by atoms with Crippen molar-refractivity contribution in [2.45, 2.75) is 13.0 Å². The maximum Gasteiger partial charge on any atom is 0.255 e. The van der Waals surface area contributed by atoms with Crippen LogP contribution >= 0.6 is 11.3 Å². The Bertz CT molecular complexity index is 700. The second-order valence-corrected chi connectivity index (χ2v) is 5.82. The first-order chi connectivity index (χ1) is 10.2. The molecule has 3 aromatic rings. The van der Waals surface area contributed by atoms with Crippen LogP contribution in [0.25, 0.3) is 0 Å². The van der Waals surface area contributed by atoms with Gasteiger partial charge in [-0.1, -0.05) is 35.9 Å². The largest absolute Gasteiger partial charge is 0.472 e. The molecule has 0 saturated heterocycles. The molecule has 1 aromatic carbocycles. The molecule has 1 unspecified atom stereocenters. The van der Waals surface area contributed by atoms with E-state index in [0.29, 0.717) is 5.56 Å². The molecule has 0 aliphatic heterocycles. The first-order valence-corrected chi connectivity index (χ1v) is 7.55. The van der Waals surface area contributed by atoms with Gasteiger partial charge < -0.3 is 9.73 Å². The Morgan fingerprint density at radius 3 is 2.62 bits per heavy atom. The van der Waals surface area contributed by atoms with Crippen LogP contribution in [0.15, 0.2) is 64.8 Å². The fourth-order valence-corrected chi connectivity index (χ4v) is 2.94. The van der Waals surface area contributed by atoms with Gasteiger partial charge in [-0.05, 0) is 30.0 Å². The van der Waals surface area contributed by atoms with E-state index in [9.17, 15) is 4.79 Å². The highest BCUT2D eigenvalue weighted by Crippen LogP contribution is 2.26. The van der Waals surface area contributed by atoms with Gasteiger partial charge in [0.15, 0.2) is 0 Å². The van der Waals surface area contributed by atoms with Gasteiger partial charge in [-0.25, -0.2) is 0 Å². The molecule has 0 aliphatic carbocycles. The molecule has 3 nitrogen and oxygen atoms in total. The third-order valence-electron chi connectivity index (χ3n) is 3.30. The number of nitrogens with one attached hydrogen (secondary N) is 1. The molecule has 1 N–H and O–H groups in total. The van der Waals surface area contributed by atoms with Crippen molar-refractivity contribution in [1.29, 1.82) is 0 Å². The molecule has 106 valence electrons. The third-order valence-corrected chi connectivity index (χ3v) is 4.23. The van der Waals surface area contributed by atoms with E-state index in [2.05, 4.69) is 29.6 Å². The van der Waals surface area contributed by atoms with Crippen LogP contribution in [-0.4, -0.2) is 5.91 Å². The standard InChI is InChI=1S/C17H15NO2S/c1-12-4-6-13(7-5-12)16(15-3-2-10-21-15)18-17(19)14-8-9-20-11-14/h2-11,16H,1H3,(H,18,19). The van der Waals surface area contributed by atoms with E-state index in [1.165, 1.54) is 18.1 Å². The molecule has 3 rings (SSSR count). The molecule has 4 heteroatoms. The van der Waals surface area contributed by atoms with Gasteiger partial charge >= 0.3 is 0 Å². The minimum Gasteiger partial charge on any atom is -0.472 e. The van der Waals surface area contributed by atoms with Gasteiger partial charge in [-0.15, -0.1) is 11.3 Å². The van der Waals surface area contributed by atoms with Crippen molar-refractivity contribution in [3.05, 3.63) is 81.9 Å². The minimum atomic E-state index is -0.145. The lowest BCUT2D eigenvalue weighted by Crippen LogP contribution is -2.28. The van der Waals surface area contributed by atoms with E-state index in [0.717, 1.165) is 10.4 Å². The molecule has 0 bridgehead atoms. The topological polar surface area (TPSA) is 42.2 Å². The second kappa shape index (κ2) is 5.97. The highest BCUT2D eigenvalue weighted by molar-refractivity contribution is 7.10. The van der Waals surface area contributed by atoms with Gasteiger partial charge in [-0.2, -0.15) is 0 Å². The quantitative estimate of drug-likeness (QED) is 0.785. The zero-order chi connectivity index (χ0) is 14.7. The van der Waals surface area contributed by atoms with Gasteiger partial charge in [-0.3, -0.25) is 4.79 Å². The molecule has 0 spiro atoms. The smallest absolute Gasteiger partial charge is 0.255 e. The van der Waals surface area contributed by atoms with Crippen LogP contribution in [0.2, 0.25) is 0 Å². The van der Waals surface area contributed by atoms with E-state index < -0.39 is 0 Å². The minimum absolute atomic E-state index is 0.136. The van der Waals surface area contributed by atoms with Crippen LogP contribution in [0.1, 0.15) is 32.4 Å². The molecule has 0 radical (unpaired) electrons. The summed E-state index contributed by atoms with van der Waals surface area (Å²) in [6, 6.07) is 13.8. The molecular formula is C17H15NO2S. The Kier molecular flexibility index (Phi) is 3.88. The van der Waals surface area contributed by atoms with Crippen molar-refractivity contribution in [2.75, 3.05) is 0 Å². The van der Waals surface area contributed by atoms with Crippen LogP contribution in [0, 0.1) is 6.92 Å². The zero-order valence-electron chi connectivity index (χ0n) is 11.6. The van der Waals surface area contributed by atoms with Gasteiger partial charge in [0.05, 0.1) is 17.9 Å². The number of hydrogen-bond donors (Lipinski definition) is 1. The predicted molar refractivity (Wildman–Crippen MR) is 83.5 cm³/mol. The number of hydrogen-bond acceptors (Lipinski definition) is 3. The summed E-state index contributed by atoms with van der Waals surface area (Å²) in [7, 11) is 0. The number of rotatable bonds is 4. The van der Waals surface area contributed by atoms with Gasteiger partial charge in [0, 0.05) is 4.88 Å². The van der Waals surface area contributed by atoms with Gasteiger partial charge in [0.25, 0.3) is 5.91 Å². The van der Waals surface area contributed by atoms with Crippen LogP contribution in [0.4, 0.5) is 0 Å². The summed E-state index contributed by atoms with van der Waals surface area (Å²) >= 11 is 1.63. The van der Waals surface area contributed by atoms with E-state index in [4.69, 9.17) is 4.42 Å². The van der Waals surface area contributed by atoms with E-state index >= 15 is 0 Å². The molecule has 2 heterocycles. The maximum absolute atomic E-state index is 12.3. The van der Waals surface area contributed by atoms with E-state index in [-0.39, 0.29) is 11.9 Å². The fourth-order valence-electron chi connectivity index (χ4n) is 2.14. The normalized spacial score (nSPS) is 12.0. The highest BCUT2D eigenvalue weighted by Gasteiger charge is 2.19. The SMILES string of the molecule is Cc1ccc(C(NC(=O)c2ccoc2)c2cccs2)cc1. The summed E-state index contributed by atoms with van der Waals surface area (Å²) in [5, 5.41) is 5.08. The Labute approximate surface area is 127 Å². The Hall–Kier alpha value is -2.33. The molecule has 1 atom stereocenters. The number of thiophene rings is 1. The van der Waals surface area contributed by atoms with Gasteiger partial charge in [0.1, 0.15) is 6.26 Å². The molecule has 21 heavy (non-hydrogen) atoms. The second-order valence-electron chi connectivity index (χ2n) is 4.84. The number of carbonyl (C=O) groups is 1. The zero-order valence-corrected chi connectivity index (χ0v) is 12.4. The number of furan rings is 1. The van der Waals surface area contributed by atoms with Crippen LogP contribution in [-0.2, 0) is 0 Å². The number of carbonyl (C=O) groups excluding carboxylic acids is 1. The lowest BCUT2D eigenvalue weighted by molar-refractivity contribution is 0.0943. The van der Waals surface area contributed by atoms with Crippen molar-refractivity contribution in [3.8, 4) is 0 Å². The lowest BCUT2D eigenvalue weighted by Gasteiger charge is -2.18. The Balaban J connectivity index is 1.90. The summed E-state index contributed by atoms with van der Waals surface area (Å²) < 4.78 is 4.97. The maximum atomic E-state index is 12.3. The summed E-state index contributed by atoms with van der Waals surface area (Å²) in [5.41, 5.74) is 2.80. The van der Waals surface area contributed by atoms with Crippen molar-refractivity contribution >= 4 is 17.2 Å². The molecule has 2 aromatic heterocycles. The summed E-state index contributed by atoms with van der Waals surface area (Å²) in [6.45, 7) is 2.05. The summed E-state index contributed by atoms with van der Waals surface area (Å²) in [4.78, 5) is 13.4. The van der Waals surface area contributed by atoms with Crippen LogP contribution < -0.4 is 5.32 Å². The molecule has 0 fully saturated rings. The lowest BCUT2D eigenvalue weighted by atomic mass is 10.0. The monoisotopic (exact) mass is 297 g/mol.